The molecule has 0 aliphatic carbocycles. The Hall–Kier alpha value is -3.46. The van der Waals surface area contributed by atoms with Gasteiger partial charge in [-0.3, -0.25) is 14.2 Å². The van der Waals surface area contributed by atoms with Crippen molar-refractivity contribution in [3.05, 3.63) is 58.5 Å². The number of rotatable bonds is 4. The van der Waals surface area contributed by atoms with Crippen LogP contribution in [0.15, 0.2) is 41.7 Å². The normalized spacial score (nSPS) is 17.9. The largest absolute Gasteiger partial charge is 0.444 e. The molecule has 5 heterocycles. The highest BCUT2D eigenvalue weighted by atomic mass is 35.5. The van der Waals surface area contributed by atoms with Gasteiger partial charge in [0, 0.05) is 41.8 Å². The molecule has 40 heavy (non-hydrogen) atoms. The number of aliphatic imine (C=N–C) groups is 1. The lowest BCUT2D eigenvalue weighted by atomic mass is 9.73. The molecule has 8 nitrogen and oxygen atoms in total. The van der Waals surface area contributed by atoms with Gasteiger partial charge in [-0.05, 0) is 76.3 Å². The Balaban J connectivity index is 1.42. The number of benzene rings is 1. The predicted molar refractivity (Wildman–Crippen MR) is 153 cm³/mol. The zero-order valence-corrected chi connectivity index (χ0v) is 23.8. The third-order valence-electron chi connectivity index (χ3n) is 8.19. The number of aromatic nitrogens is 2. The predicted octanol–water partition coefficient (Wildman–Crippen LogP) is 6.28. The van der Waals surface area contributed by atoms with Gasteiger partial charge in [-0.1, -0.05) is 11.6 Å². The molecule has 0 radical (unpaired) electrons. The van der Waals surface area contributed by atoms with Crippen LogP contribution in [0.3, 0.4) is 0 Å². The number of anilines is 1. The Kier molecular flexibility index (Phi) is 6.60. The monoisotopic (exact) mass is 565 g/mol. The van der Waals surface area contributed by atoms with Gasteiger partial charge in [-0.25, -0.2) is 4.79 Å². The van der Waals surface area contributed by atoms with Gasteiger partial charge in [-0.2, -0.15) is 4.99 Å². The van der Waals surface area contributed by atoms with Crippen molar-refractivity contribution in [2.45, 2.75) is 70.6 Å². The van der Waals surface area contributed by atoms with E-state index in [1.165, 1.54) is 0 Å². The second-order valence-electron chi connectivity index (χ2n) is 11.8. The zero-order valence-electron chi connectivity index (χ0n) is 23.0. The fourth-order valence-electron chi connectivity index (χ4n) is 6.42. The first-order chi connectivity index (χ1) is 19.1. The minimum absolute atomic E-state index is 0.307. The fourth-order valence-corrected chi connectivity index (χ4v) is 6.59. The molecule has 6 rings (SSSR count). The number of hydrogen-bond acceptors (Lipinski definition) is 5. The highest BCUT2D eigenvalue weighted by molar-refractivity contribution is 6.31. The van der Waals surface area contributed by atoms with E-state index in [1.54, 1.807) is 11.1 Å². The first kappa shape index (κ1) is 26.7. The van der Waals surface area contributed by atoms with Crippen molar-refractivity contribution in [1.82, 2.24) is 14.5 Å². The number of amides is 2. The third kappa shape index (κ3) is 4.35. The fraction of sp³-hybridized carbons (Fsp3) is 0.467. The smallest absolute Gasteiger partial charge is 0.410 e. The zero-order chi connectivity index (χ0) is 28.2. The van der Waals surface area contributed by atoms with Crippen LogP contribution in [0.1, 0.15) is 68.1 Å². The number of hydrogen-bond donors (Lipinski definition) is 0. The average molecular weight is 566 g/mol. The molecule has 0 unspecified atom stereocenters. The number of fused-ring (bicyclic) bond motifs is 8. The van der Waals surface area contributed by atoms with Crippen molar-refractivity contribution in [3.8, 4) is 0 Å². The van der Waals surface area contributed by atoms with Crippen LogP contribution >= 0.6 is 11.6 Å². The van der Waals surface area contributed by atoms with Gasteiger partial charge in [0.15, 0.2) is 0 Å². The first-order valence-electron chi connectivity index (χ1n) is 13.8. The Morgan fingerprint density at radius 3 is 2.67 bits per heavy atom. The number of carbonyl (C=O) groups is 2. The maximum atomic E-state index is 14.0. The van der Waals surface area contributed by atoms with Crippen LogP contribution < -0.4 is 4.90 Å². The first-order valence-corrected chi connectivity index (χ1v) is 14.2. The summed E-state index contributed by atoms with van der Waals surface area (Å²) < 4.78 is 20.8. The molecule has 0 saturated carbocycles. The van der Waals surface area contributed by atoms with Crippen molar-refractivity contribution in [1.29, 1.82) is 0 Å². The van der Waals surface area contributed by atoms with Crippen molar-refractivity contribution in [3.63, 3.8) is 0 Å². The van der Waals surface area contributed by atoms with Crippen molar-refractivity contribution < 1.29 is 18.7 Å². The number of likely N-dealkylation sites (tertiary alicyclic amines) is 1. The highest BCUT2D eigenvalue weighted by Crippen LogP contribution is 2.50. The summed E-state index contributed by atoms with van der Waals surface area (Å²) in [5, 5.41) is 1.31. The van der Waals surface area contributed by atoms with Gasteiger partial charge in [0.1, 0.15) is 11.4 Å². The lowest BCUT2D eigenvalue weighted by molar-refractivity contribution is 0.0189. The Morgan fingerprint density at radius 1 is 1.18 bits per heavy atom. The number of piperidine rings is 1. The topological polar surface area (TPSA) is 80.0 Å². The van der Waals surface area contributed by atoms with Crippen molar-refractivity contribution in [2.75, 3.05) is 24.7 Å². The Labute approximate surface area is 237 Å². The average Bonchev–Trinajstić information content (AvgIpc) is 3.26. The van der Waals surface area contributed by atoms with Gasteiger partial charge >= 0.3 is 6.09 Å². The summed E-state index contributed by atoms with van der Waals surface area (Å²) in [6.45, 7) is 7.18. The SMILES string of the molecule is CC(C)(C)OC(=O)N1CCC2(CC1)C1=NC(=O)c3c(n(CCCCF)c4ccc(Cl)cc34)CN1c1cnccc12. The molecule has 210 valence electrons. The molecule has 0 atom stereocenters. The summed E-state index contributed by atoms with van der Waals surface area (Å²) in [5.74, 6) is 0.393. The standard InChI is InChI=1S/C30H33ClFN5O3/c1-29(2,3)40-28(39)35-14-9-30(10-15-35)21-8-12-33-17-23(21)37-18-24-25(26(38)34-27(30)37)20-16-19(31)6-7-22(20)36(24)13-5-4-11-32/h6-8,12,16-17H,4-5,9-11,13-15,18H2,1-3H3. The van der Waals surface area contributed by atoms with Gasteiger partial charge in [-0.15, -0.1) is 0 Å². The summed E-state index contributed by atoms with van der Waals surface area (Å²) in [6.07, 6.45) is 5.60. The molecule has 3 aliphatic heterocycles. The van der Waals surface area contributed by atoms with E-state index < -0.39 is 11.0 Å². The molecule has 1 spiro atoms. The van der Waals surface area contributed by atoms with Crippen LogP contribution in [0, 0.1) is 0 Å². The minimum Gasteiger partial charge on any atom is -0.444 e. The molecule has 3 aromatic rings. The lowest BCUT2D eigenvalue weighted by Gasteiger charge is -2.40. The summed E-state index contributed by atoms with van der Waals surface area (Å²) in [6, 6.07) is 7.57. The number of nitrogens with zero attached hydrogens (tertiary/aromatic N) is 5. The molecular weight excluding hydrogens is 533 g/mol. The van der Waals surface area contributed by atoms with Gasteiger partial charge in [0.25, 0.3) is 5.91 Å². The molecule has 3 aliphatic rings. The Bertz CT molecular complexity index is 1530. The lowest BCUT2D eigenvalue weighted by Crippen LogP contribution is -2.51. The number of unbranched alkanes of at least 4 members (excludes halogenated alkanes) is 1. The number of carbonyl (C=O) groups excluding carboxylic acids is 2. The van der Waals surface area contributed by atoms with E-state index in [2.05, 4.69) is 14.5 Å². The maximum Gasteiger partial charge on any atom is 0.410 e. The van der Waals surface area contributed by atoms with Crippen LogP contribution in [-0.2, 0) is 23.2 Å². The van der Waals surface area contributed by atoms with E-state index in [0.29, 0.717) is 68.3 Å². The van der Waals surface area contributed by atoms with E-state index in [0.717, 1.165) is 27.8 Å². The summed E-state index contributed by atoms with van der Waals surface area (Å²) in [4.78, 5) is 39.9. The van der Waals surface area contributed by atoms with Gasteiger partial charge in [0.05, 0.1) is 41.8 Å². The molecule has 1 saturated heterocycles. The molecule has 1 fully saturated rings. The maximum absolute atomic E-state index is 14.0. The minimum atomic E-state index is -0.575. The summed E-state index contributed by atoms with van der Waals surface area (Å²) >= 11 is 6.38. The molecule has 1 aromatic carbocycles. The number of amidine groups is 1. The van der Waals surface area contributed by atoms with Crippen LogP contribution in [0.5, 0.6) is 0 Å². The number of pyridine rings is 1. The number of ether oxygens (including phenoxy) is 1. The molecule has 2 aromatic heterocycles. The van der Waals surface area contributed by atoms with E-state index in [1.807, 2.05) is 51.2 Å². The van der Waals surface area contributed by atoms with Crippen LogP contribution in [-0.4, -0.2) is 57.7 Å². The third-order valence-corrected chi connectivity index (χ3v) is 8.42. The second-order valence-corrected chi connectivity index (χ2v) is 12.2. The number of halogens is 2. The molecule has 2 amide bonds. The van der Waals surface area contributed by atoms with Crippen molar-refractivity contribution in [2.24, 2.45) is 4.99 Å². The highest BCUT2D eigenvalue weighted by Gasteiger charge is 2.52. The molecule has 0 N–H and O–H groups in total. The van der Waals surface area contributed by atoms with E-state index >= 15 is 0 Å². The number of alkyl halides is 1. The van der Waals surface area contributed by atoms with Crippen LogP contribution in [0.25, 0.3) is 10.9 Å². The van der Waals surface area contributed by atoms with Crippen molar-refractivity contribution >= 4 is 46.0 Å². The summed E-state index contributed by atoms with van der Waals surface area (Å²) in [7, 11) is 0. The van der Waals surface area contributed by atoms with Crippen LogP contribution in [0.4, 0.5) is 14.9 Å². The second kappa shape index (κ2) is 9.87. The van der Waals surface area contributed by atoms with E-state index in [-0.39, 0.29) is 18.7 Å². The van der Waals surface area contributed by atoms with Gasteiger partial charge < -0.3 is 19.1 Å². The molecule has 10 heteroatoms. The Morgan fingerprint density at radius 2 is 1.95 bits per heavy atom. The summed E-state index contributed by atoms with van der Waals surface area (Å²) in [5.41, 5.74) is 3.18. The number of aryl methyl sites for hydroxylation is 1. The molecule has 0 bridgehead atoms. The van der Waals surface area contributed by atoms with E-state index in [9.17, 15) is 14.0 Å². The molecular formula is C30H33ClFN5O3. The van der Waals surface area contributed by atoms with Gasteiger partial charge in [0.2, 0.25) is 0 Å². The van der Waals surface area contributed by atoms with Crippen LogP contribution in [0.2, 0.25) is 5.02 Å². The van der Waals surface area contributed by atoms with E-state index in [4.69, 9.17) is 21.3 Å². The quantitative estimate of drug-likeness (QED) is 0.348.